The van der Waals surface area contributed by atoms with E-state index in [1.807, 2.05) is 17.5 Å². The van der Waals surface area contributed by atoms with Crippen LogP contribution in [0.2, 0.25) is 15.1 Å². The Labute approximate surface area is 164 Å². The molecular weight excluding hydrogens is 401 g/mol. The molecule has 1 heterocycles. The molecular formula is C18H12Cl3NO2S. The summed E-state index contributed by atoms with van der Waals surface area (Å²) in [6, 6.07) is 13.9. The molecule has 0 atom stereocenters. The van der Waals surface area contributed by atoms with Crippen LogP contribution in [-0.4, -0.2) is 5.91 Å². The highest BCUT2D eigenvalue weighted by molar-refractivity contribution is 7.12. The van der Waals surface area contributed by atoms with E-state index >= 15 is 0 Å². The number of amides is 1. The lowest BCUT2D eigenvalue weighted by molar-refractivity contribution is 0.103. The Bertz CT molecular complexity index is 911. The Balaban J connectivity index is 1.62. The summed E-state index contributed by atoms with van der Waals surface area (Å²) in [4.78, 5) is 12.9. The Hall–Kier alpha value is -1.72. The molecule has 1 N–H and O–H groups in total. The van der Waals surface area contributed by atoms with E-state index in [2.05, 4.69) is 5.32 Å². The van der Waals surface area contributed by atoms with Crippen molar-refractivity contribution < 1.29 is 9.53 Å². The molecule has 3 rings (SSSR count). The summed E-state index contributed by atoms with van der Waals surface area (Å²) in [5, 5.41) is 6.12. The summed E-state index contributed by atoms with van der Waals surface area (Å²) < 4.78 is 5.67. The predicted octanol–water partition coefficient (Wildman–Crippen LogP) is 6.54. The first-order valence-corrected chi connectivity index (χ1v) is 9.25. The molecule has 0 radical (unpaired) electrons. The maximum absolute atomic E-state index is 12.3. The summed E-state index contributed by atoms with van der Waals surface area (Å²) in [6.07, 6.45) is 0. The maximum atomic E-state index is 12.3. The van der Waals surface area contributed by atoms with Gasteiger partial charge in [0, 0.05) is 16.3 Å². The highest BCUT2D eigenvalue weighted by Gasteiger charge is 2.11. The molecule has 0 aliphatic rings. The minimum Gasteiger partial charge on any atom is -0.489 e. The van der Waals surface area contributed by atoms with Gasteiger partial charge < -0.3 is 10.1 Å². The lowest BCUT2D eigenvalue weighted by Gasteiger charge is -2.05. The van der Waals surface area contributed by atoms with Crippen LogP contribution in [0.15, 0.2) is 53.9 Å². The predicted molar refractivity (Wildman–Crippen MR) is 105 cm³/mol. The van der Waals surface area contributed by atoms with Gasteiger partial charge in [-0.05, 0) is 47.8 Å². The van der Waals surface area contributed by atoms with Crippen LogP contribution in [0.3, 0.4) is 0 Å². The monoisotopic (exact) mass is 411 g/mol. The number of nitrogens with one attached hydrogen (secondary N) is 1. The van der Waals surface area contributed by atoms with E-state index in [1.54, 1.807) is 36.4 Å². The number of benzene rings is 2. The zero-order valence-corrected chi connectivity index (χ0v) is 15.8. The van der Waals surface area contributed by atoms with Gasteiger partial charge in [-0.3, -0.25) is 4.79 Å². The van der Waals surface area contributed by atoms with Gasteiger partial charge in [0.1, 0.15) is 12.4 Å². The first-order chi connectivity index (χ1) is 12.0. The van der Waals surface area contributed by atoms with Gasteiger partial charge in [0.15, 0.2) is 0 Å². The van der Waals surface area contributed by atoms with Crippen molar-refractivity contribution in [2.24, 2.45) is 0 Å². The number of hydrogen-bond acceptors (Lipinski definition) is 3. The summed E-state index contributed by atoms with van der Waals surface area (Å²) in [6.45, 7) is 0.358. The smallest absolute Gasteiger partial charge is 0.265 e. The van der Waals surface area contributed by atoms with Gasteiger partial charge in [0.25, 0.3) is 5.91 Å². The lowest BCUT2D eigenvalue weighted by Crippen LogP contribution is -2.10. The van der Waals surface area contributed by atoms with Gasteiger partial charge in [-0.1, -0.05) is 40.9 Å². The van der Waals surface area contributed by atoms with Crippen LogP contribution in [0.5, 0.6) is 5.75 Å². The van der Waals surface area contributed by atoms with Crippen molar-refractivity contribution in [1.29, 1.82) is 0 Å². The quantitative estimate of drug-likeness (QED) is 0.516. The zero-order chi connectivity index (χ0) is 17.8. The molecule has 7 heteroatoms. The van der Waals surface area contributed by atoms with Gasteiger partial charge in [-0.2, -0.15) is 0 Å². The minimum atomic E-state index is -0.211. The fraction of sp³-hybridized carbons (Fsp3) is 0.0556. The van der Waals surface area contributed by atoms with Crippen molar-refractivity contribution in [3.63, 3.8) is 0 Å². The van der Waals surface area contributed by atoms with Crippen LogP contribution in [0, 0.1) is 0 Å². The van der Waals surface area contributed by atoms with Crippen LogP contribution < -0.4 is 10.1 Å². The van der Waals surface area contributed by atoms with Crippen molar-refractivity contribution in [2.45, 2.75) is 6.61 Å². The van der Waals surface area contributed by atoms with E-state index < -0.39 is 0 Å². The van der Waals surface area contributed by atoms with Crippen molar-refractivity contribution in [3.8, 4) is 5.75 Å². The van der Waals surface area contributed by atoms with Gasteiger partial charge in [0.05, 0.1) is 14.9 Å². The average Bonchev–Trinajstić information content (AvgIpc) is 3.06. The molecule has 0 saturated heterocycles. The second-order valence-electron chi connectivity index (χ2n) is 5.15. The normalized spacial score (nSPS) is 10.5. The van der Waals surface area contributed by atoms with Crippen LogP contribution in [0.4, 0.5) is 5.69 Å². The van der Waals surface area contributed by atoms with Gasteiger partial charge in [0.2, 0.25) is 0 Å². The van der Waals surface area contributed by atoms with Crippen molar-refractivity contribution in [3.05, 3.63) is 79.4 Å². The number of ether oxygens (including phenoxy) is 1. The Morgan fingerprint density at radius 1 is 1.04 bits per heavy atom. The number of rotatable bonds is 5. The molecule has 0 saturated carbocycles. The van der Waals surface area contributed by atoms with E-state index in [1.165, 1.54) is 11.3 Å². The topological polar surface area (TPSA) is 38.3 Å². The van der Waals surface area contributed by atoms with E-state index in [9.17, 15) is 4.79 Å². The van der Waals surface area contributed by atoms with Crippen LogP contribution >= 0.6 is 46.1 Å². The Morgan fingerprint density at radius 2 is 1.88 bits per heavy atom. The fourth-order valence-electron chi connectivity index (χ4n) is 2.06. The Kier molecular flexibility index (Phi) is 5.86. The van der Waals surface area contributed by atoms with Gasteiger partial charge in [-0.25, -0.2) is 0 Å². The van der Waals surface area contributed by atoms with E-state index in [0.29, 0.717) is 38.0 Å². The number of carbonyl (C=O) groups excluding carboxylic acids is 1. The SMILES string of the molecule is O=C(Nc1ccc(Cl)c(Cl)c1)c1cc(COc2cccc(Cl)c2)cs1. The molecule has 0 bridgehead atoms. The first-order valence-electron chi connectivity index (χ1n) is 7.23. The lowest BCUT2D eigenvalue weighted by atomic mass is 10.3. The molecule has 0 aliphatic heterocycles. The summed E-state index contributed by atoms with van der Waals surface area (Å²) in [5.74, 6) is 0.470. The fourth-order valence-corrected chi connectivity index (χ4v) is 3.33. The van der Waals surface area contributed by atoms with Crippen LogP contribution in [0.1, 0.15) is 15.2 Å². The molecule has 0 fully saturated rings. The highest BCUT2D eigenvalue weighted by atomic mass is 35.5. The number of carbonyl (C=O) groups is 1. The minimum absolute atomic E-state index is 0.211. The van der Waals surface area contributed by atoms with E-state index in [0.717, 1.165) is 5.56 Å². The molecule has 25 heavy (non-hydrogen) atoms. The molecule has 0 unspecified atom stereocenters. The highest BCUT2D eigenvalue weighted by Crippen LogP contribution is 2.26. The second-order valence-corrected chi connectivity index (χ2v) is 7.31. The van der Waals surface area contributed by atoms with Crippen LogP contribution in [-0.2, 0) is 6.61 Å². The van der Waals surface area contributed by atoms with Crippen molar-refractivity contribution in [2.75, 3.05) is 5.32 Å². The molecule has 2 aromatic carbocycles. The largest absolute Gasteiger partial charge is 0.489 e. The number of hydrogen-bond donors (Lipinski definition) is 1. The maximum Gasteiger partial charge on any atom is 0.265 e. The number of halogens is 3. The van der Waals surface area contributed by atoms with Crippen molar-refractivity contribution in [1.82, 2.24) is 0 Å². The first kappa shape index (κ1) is 18.1. The average molecular weight is 413 g/mol. The van der Waals surface area contributed by atoms with Gasteiger partial charge in [-0.15, -0.1) is 11.3 Å². The summed E-state index contributed by atoms with van der Waals surface area (Å²) in [7, 11) is 0. The standard InChI is InChI=1S/C18H12Cl3NO2S/c19-12-2-1-3-14(7-12)24-9-11-6-17(25-10-11)18(23)22-13-4-5-15(20)16(21)8-13/h1-8,10H,9H2,(H,22,23). The van der Waals surface area contributed by atoms with E-state index in [-0.39, 0.29) is 5.91 Å². The zero-order valence-electron chi connectivity index (χ0n) is 12.8. The molecule has 0 aliphatic carbocycles. The number of thiophene rings is 1. The van der Waals surface area contributed by atoms with Crippen molar-refractivity contribution >= 4 is 57.7 Å². The second kappa shape index (κ2) is 8.11. The molecule has 1 amide bonds. The summed E-state index contributed by atoms with van der Waals surface area (Å²) in [5.41, 5.74) is 1.49. The molecule has 3 nitrogen and oxygen atoms in total. The molecule has 128 valence electrons. The third kappa shape index (κ3) is 4.89. The third-order valence-corrected chi connectivity index (χ3v) is 5.21. The molecule has 0 spiro atoms. The Morgan fingerprint density at radius 3 is 2.64 bits per heavy atom. The molecule has 1 aromatic heterocycles. The summed E-state index contributed by atoms with van der Waals surface area (Å²) >= 11 is 19.1. The number of anilines is 1. The van der Waals surface area contributed by atoms with Gasteiger partial charge >= 0.3 is 0 Å². The van der Waals surface area contributed by atoms with Crippen LogP contribution in [0.25, 0.3) is 0 Å². The molecule has 3 aromatic rings. The van der Waals surface area contributed by atoms with E-state index in [4.69, 9.17) is 39.5 Å². The third-order valence-electron chi connectivity index (χ3n) is 3.26.